The summed E-state index contributed by atoms with van der Waals surface area (Å²) in [6.45, 7) is 0. The van der Waals surface area contributed by atoms with Gasteiger partial charge in [0.2, 0.25) is 0 Å². The molecular formula is C4H5BrN4O. The van der Waals surface area contributed by atoms with Gasteiger partial charge in [0.15, 0.2) is 5.82 Å². The molecule has 0 spiro atoms. The SMILES string of the molecule is NNc1nc[nH]c(=O)c1Br. The van der Waals surface area contributed by atoms with E-state index in [0.29, 0.717) is 10.3 Å². The van der Waals surface area contributed by atoms with Crippen LogP contribution < -0.4 is 16.8 Å². The molecule has 6 heteroatoms. The lowest BCUT2D eigenvalue weighted by atomic mass is 10.6. The van der Waals surface area contributed by atoms with E-state index in [2.05, 4.69) is 31.3 Å². The Kier molecular flexibility index (Phi) is 2.03. The first-order valence-electron chi connectivity index (χ1n) is 2.45. The Hall–Kier alpha value is -0.880. The number of aromatic amines is 1. The van der Waals surface area contributed by atoms with E-state index in [9.17, 15) is 4.79 Å². The fraction of sp³-hybridized carbons (Fsp3) is 0. The van der Waals surface area contributed by atoms with Crippen molar-refractivity contribution in [2.45, 2.75) is 0 Å². The van der Waals surface area contributed by atoms with Gasteiger partial charge in [-0.05, 0) is 15.9 Å². The second kappa shape index (κ2) is 2.80. The summed E-state index contributed by atoms with van der Waals surface area (Å²) in [5.41, 5.74) is 2.00. The van der Waals surface area contributed by atoms with E-state index in [4.69, 9.17) is 5.84 Å². The first-order chi connectivity index (χ1) is 4.75. The molecule has 10 heavy (non-hydrogen) atoms. The van der Waals surface area contributed by atoms with Crippen LogP contribution in [0.2, 0.25) is 0 Å². The molecule has 5 nitrogen and oxygen atoms in total. The lowest BCUT2D eigenvalue weighted by Crippen LogP contribution is -2.15. The summed E-state index contributed by atoms with van der Waals surface area (Å²) in [7, 11) is 0. The average Bonchev–Trinajstić information content (AvgIpc) is 1.95. The van der Waals surface area contributed by atoms with Crippen molar-refractivity contribution in [2.24, 2.45) is 5.84 Å². The van der Waals surface area contributed by atoms with E-state index in [-0.39, 0.29) is 5.56 Å². The van der Waals surface area contributed by atoms with E-state index in [1.807, 2.05) is 0 Å². The highest BCUT2D eigenvalue weighted by atomic mass is 79.9. The summed E-state index contributed by atoms with van der Waals surface area (Å²) in [5, 5.41) is 0. The summed E-state index contributed by atoms with van der Waals surface area (Å²) in [5.74, 6) is 5.35. The van der Waals surface area contributed by atoms with Crippen LogP contribution in [0.3, 0.4) is 0 Å². The van der Waals surface area contributed by atoms with Crippen LogP contribution in [0.4, 0.5) is 5.82 Å². The molecule has 1 aromatic heterocycles. The van der Waals surface area contributed by atoms with Crippen LogP contribution in [0.25, 0.3) is 0 Å². The van der Waals surface area contributed by atoms with Gasteiger partial charge >= 0.3 is 0 Å². The molecule has 0 aliphatic heterocycles. The molecule has 4 N–H and O–H groups in total. The number of nitrogens with zero attached hydrogens (tertiary/aromatic N) is 1. The number of hydrogen-bond acceptors (Lipinski definition) is 4. The Morgan fingerprint density at radius 1 is 1.80 bits per heavy atom. The number of nitrogen functional groups attached to an aromatic ring is 1. The van der Waals surface area contributed by atoms with Crippen LogP contribution in [-0.2, 0) is 0 Å². The fourth-order valence-corrected chi connectivity index (χ4v) is 0.815. The summed E-state index contributed by atoms with van der Waals surface area (Å²) in [4.78, 5) is 16.8. The number of H-pyrrole nitrogens is 1. The van der Waals surface area contributed by atoms with Crippen molar-refractivity contribution in [3.63, 3.8) is 0 Å². The van der Waals surface area contributed by atoms with Gasteiger partial charge in [-0.25, -0.2) is 10.8 Å². The summed E-state index contributed by atoms with van der Waals surface area (Å²) in [6, 6.07) is 0. The first-order valence-corrected chi connectivity index (χ1v) is 3.25. The highest BCUT2D eigenvalue weighted by molar-refractivity contribution is 9.10. The van der Waals surface area contributed by atoms with Crippen LogP contribution in [0.15, 0.2) is 15.6 Å². The molecule has 0 aliphatic carbocycles. The van der Waals surface area contributed by atoms with Gasteiger partial charge in [0.25, 0.3) is 5.56 Å². The molecular weight excluding hydrogens is 200 g/mol. The molecule has 54 valence electrons. The smallest absolute Gasteiger partial charge is 0.267 e. The predicted molar refractivity (Wildman–Crippen MR) is 40.4 cm³/mol. The monoisotopic (exact) mass is 204 g/mol. The van der Waals surface area contributed by atoms with E-state index in [1.54, 1.807) is 0 Å². The Morgan fingerprint density at radius 3 is 3.00 bits per heavy atom. The normalized spacial score (nSPS) is 9.40. The molecule has 0 fully saturated rings. The number of hydrazine groups is 1. The largest absolute Gasteiger partial charge is 0.312 e. The molecule has 1 rings (SSSR count). The third-order valence-corrected chi connectivity index (χ3v) is 1.67. The summed E-state index contributed by atoms with van der Waals surface area (Å²) in [6.07, 6.45) is 1.27. The zero-order valence-electron chi connectivity index (χ0n) is 4.89. The minimum Gasteiger partial charge on any atom is -0.312 e. The molecule has 0 amide bonds. The van der Waals surface area contributed by atoms with Crippen LogP contribution in [0, 0.1) is 0 Å². The van der Waals surface area contributed by atoms with Gasteiger partial charge in [0, 0.05) is 0 Å². The summed E-state index contributed by atoms with van der Waals surface area (Å²) < 4.78 is 0.303. The van der Waals surface area contributed by atoms with Gasteiger partial charge in [-0.2, -0.15) is 0 Å². The van der Waals surface area contributed by atoms with Gasteiger partial charge in [-0.3, -0.25) is 4.79 Å². The first kappa shape index (κ1) is 7.23. The summed E-state index contributed by atoms with van der Waals surface area (Å²) >= 11 is 2.99. The van der Waals surface area contributed by atoms with Gasteiger partial charge in [-0.15, -0.1) is 0 Å². The fourth-order valence-electron chi connectivity index (χ4n) is 0.484. The van der Waals surface area contributed by atoms with Crippen LogP contribution in [0.5, 0.6) is 0 Å². The molecule has 1 aromatic rings. The number of hydrogen-bond donors (Lipinski definition) is 3. The number of aromatic nitrogens is 2. The molecule has 0 bridgehead atoms. The molecule has 0 unspecified atom stereocenters. The minimum atomic E-state index is -0.261. The number of nitrogens with two attached hydrogens (primary N) is 1. The van der Waals surface area contributed by atoms with Crippen molar-refractivity contribution in [2.75, 3.05) is 5.43 Å². The lowest BCUT2D eigenvalue weighted by molar-refractivity contribution is 1.08. The van der Waals surface area contributed by atoms with Crippen molar-refractivity contribution in [1.82, 2.24) is 9.97 Å². The van der Waals surface area contributed by atoms with Gasteiger partial charge in [0.05, 0.1) is 6.33 Å². The van der Waals surface area contributed by atoms with Gasteiger partial charge in [-0.1, -0.05) is 0 Å². The average molecular weight is 205 g/mol. The van der Waals surface area contributed by atoms with Crippen LogP contribution >= 0.6 is 15.9 Å². The number of rotatable bonds is 1. The molecule has 0 saturated heterocycles. The van der Waals surface area contributed by atoms with Crippen LogP contribution in [0.1, 0.15) is 0 Å². The van der Waals surface area contributed by atoms with E-state index in [1.165, 1.54) is 6.33 Å². The number of nitrogens with one attached hydrogen (secondary N) is 2. The third kappa shape index (κ3) is 1.17. The highest BCUT2D eigenvalue weighted by Gasteiger charge is 2.00. The zero-order chi connectivity index (χ0) is 7.56. The zero-order valence-corrected chi connectivity index (χ0v) is 6.47. The maximum atomic E-state index is 10.8. The molecule has 0 aliphatic rings. The lowest BCUT2D eigenvalue weighted by Gasteiger charge is -1.97. The topological polar surface area (TPSA) is 83.8 Å². The third-order valence-electron chi connectivity index (χ3n) is 0.933. The maximum absolute atomic E-state index is 10.8. The van der Waals surface area contributed by atoms with Crippen molar-refractivity contribution in [3.8, 4) is 0 Å². The maximum Gasteiger partial charge on any atom is 0.267 e. The van der Waals surface area contributed by atoms with Gasteiger partial charge < -0.3 is 10.4 Å². The van der Waals surface area contributed by atoms with Crippen molar-refractivity contribution in [3.05, 3.63) is 21.2 Å². The van der Waals surface area contributed by atoms with Crippen LogP contribution in [-0.4, -0.2) is 9.97 Å². The second-order valence-corrected chi connectivity index (χ2v) is 2.33. The molecule has 1 heterocycles. The van der Waals surface area contributed by atoms with Gasteiger partial charge in [0.1, 0.15) is 4.47 Å². The van der Waals surface area contributed by atoms with Crippen molar-refractivity contribution >= 4 is 21.7 Å². The molecule has 0 aromatic carbocycles. The number of anilines is 1. The quantitative estimate of drug-likeness (QED) is 0.438. The van der Waals surface area contributed by atoms with Crippen molar-refractivity contribution in [1.29, 1.82) is 0 Å². The molecule has 0 saturated carbocycles. The molecule has 0 atom stereocenters. The standard InChI is InChI=1S/C4H5BrN4O/c5-2-3(9-6)7-1-8-4(2)10/h1H,6H2,(H2,7,8,9,10). The highest BCUT2D eigenvalue weighted by Crippen LogP contribution is 2.10. The Morgan fingerprint density at radius 2 is 2.50 bits per heavy atom. The Labute approximate surface area is 64.8 Å². The number of halogens is 1. The molecule has 0 radical (unpaired) electrons. The second-order valence-electron chi connectivity index (χ2n) is 1.54. The Balaban J connectivity index is 3.28. The van der Waals surface area contributed by atoms with E-state index < -0.39 is 0 Å². The minimum absolute atomic E-state index is 0.261. The van der Waals surface area contributed by atoms with E-state index >= 15 is 0 Å². The van der Waals surface area contributed by atoms with E-state index in [0.717, 1.165) is 0 Å². The predicted octanol–water partition coefficient (Wildman–Crippen LogP) is -0.182. The van der Waals surface area contributed by atoms with Crippen molar-refractivity contribution < 1.29 is 0 Å². The Bertz CT molecular complexity index is 283.